The van der Waals surface area contributed by atoms with Crippen LogP contribution in [0.25, 0.3) is 0 Å². The summed E-state index contributed by atoms with van der Waals surface area (Å²) in [5, 5.41) is 0. The Labute approximate surface area is 107 Å². The molecule has 0 aromatic heterocycles. The average molecular weight is 248 g/mol. The number of ether oxygens (including phenoxy) is 1. The van der Waals surface area contributed by atoms with Crippen LogP contribution in [0.5, 0.6) is 0 Å². The topological polar surface area (TPSA) is 78.3 Å². The first kappa shape index (κ1) is 12.9. The molecule has 0 saturated heterocycles. The third kappa shape index (κ3) is 2.20. The largest absolute Gasteiger partial charge is 0.469 e. The summed E-state index contributed by atoms with van der Waals surface area (Å²) in [6, 6.07) is 7.61. The second kappa shape index (κ2) is 4.98. The maximum Gasteiger partial charge on any atom is 0.313 e. The highest BCUT2D eigenvalue weighted by Gasteiger charge is 2.50. The van der Waals surface area contributed by atoms with E-state index in [1.54, 1.807) is 0 Å². The lowest BCUT2D eigenvalue weighted by molar-refractivity contribution is -0.153. The third-order valence-corrected chi connectivity index (χ3v) is 3.88. The Hall–Kier alpha value is -1.55. The number of benzene rings is 1. The number of hydrogen-bond donors (Lipinski definition) is 2. The smallest absolute Gasteiger partial charge is 0.313 e. The van der Waals surface area contributed by atoms with Crippen molar-refractivity contribution in [2.24, 2.45) is 17.1 Å². The minimum atomic E-state index is -0.607. The first-order valence-electron chi connectivity index (χ1n) is 6.26. The van der Waals surface area contributed by atoms with E-state index in [-0.39, 0.29) is 5.97 Å². The molecule has 4 heteroatoms. The van der Waals surface area contributed by atoms with Crippen molar-refractivity contribution in [1.82, 2.24) is 0 Å². The predicted octanol–water partition coefficient (Wildman–Crippen LogP) is 1.34. The summed E-state index contributed by atoms with van der Waals surface area (Å²) in [4.78, 5) is 12.1. The normalized spacial score (nSPS) is 18.1. The van der Waals surface area contributed by atoms with Crippen molar-refractivity contribution in [3.63, 3.8) is 0 Å². The second-order valence-electron chi connectivity index (χ2n) is 5.00. The first-order chi connectivity index (χ1) is 8.64. The number of nitrogens with two attached hydrogens (primary N) is 2. The molecule has 1 aromatic carbocycles. The summed E-state index contributed by atoms with van der Waals surface area (Å²) >= 11 is 0. The van der Waals surface area contributed by atoms with Gasteiger partial charge in [-0.15, -0.1) is 0 Å². The first-order valence-corrected chi connectivity index (χ1v) is 6.26. The van der Waals surface area contributed by atoms with E-state index in [2.05, 4.69) is 0 Å². The molecule has 1 aromatic rings. The highest BCUT2D eigenvalue weighted by molar-refractivity contribution is 5.78. The fourth-order valence-corrected chi connectivity index (χ4v) is 2.58. The van der Waals surface area contributed by atoms with Crippen LogP contribution in [0.2, 0.25) is 0 Å². The van der Waals surface area contributed by atoms with E-state index in [0.29, 0.717) is 24.6 Å². The quantitative estimate of drug-likeness (QED) is 0.609. The maximum atomic E-state index is 12.1. The van der Waals surface area contributed by atoms with Crippen LogP contribution in [-0.2, 0) is 16.0 Å². The van der Waals surface area contributed by atoms with Crippen LogP contribution in [0, 0.1) is 11.3 Å². The summed E-state index contributed by atoms with van der Waals surface area (Å²) in [6.07, 6.45) is 2.64. The van der Waals surface area contributed by atoms with Gasteiger partial charge in [0.25, 0.3) is 0 Å². The van der Waals surface area contributed by atoms with E-state index in [1.165, 1.54) is 7.11 Å². The fraction of sp³-hybridized carbons (Fsp3) is 0.500. The van der Waals surface area contributed by atoms with Gasteiger partial charge in [-0.05, 0) is 36.8 Å². The molecule has 0 radical (unpaired) electrons. The van der Waals surface area contributed by atoms with Crippen molar-refractivity contribution in [2.45, 2.75) is 19.3 Å². The number of rotatable bonds is 5. The van der Waals surface area contributed by atoms with Gasteiger partial charge in [0.2, 0.25) is 0 Å². The van der Waals surface area contributed by atoms with Gasteiger partial charge >= 0.3 is 5.97 Å². The number of anilines is 1. The standard InChI is InChI=1S/C14H20N2O2/c1-18-13(17)14(9-15,11-6-7-11)8-10-4-2-3-5-12(10)16/h2-5,11H,6-9,15-16H2,1H3. The Morgan fingerprint density at radius 3 is 2.61 bits per heavy atom. The van der Waals surface area contributed by atoms with E-state index in [9.17, 15) is 4.79 Å². The van der Waals surface area contributed by atoms with Gasteiger partial charge < -0.3 is 16.2 Å². The molecule has 0 spiro atoms. The SMILES string of the molecule is COC(=O)C(CN)(Cc1ccccc1N)C1CC1. The molecule has 1 aliphatic carbocycles. The number of methoxy groups -OCH3 is 1. The molecule has 0 heterocycles. The molecule has 98 valence electrons. The van der Waals surface area contributed by atoms with Crippen LogP contribution in [-0.4, -0.2) is 19.6 Å². The van der Waals surface area contributed by atoms with Crippen molar-refractivity contribution in [3.05, 3.63) is 29.8 Å². The number of nitrogen functional groups attached to an aromatic ring is 1. The Bertz CT molecular complexity index is 443. The molecule has 1 saturated carbocycles. The van der Waals surface area contributed by atoms with E-state index < -0.39 is 5.41 Å². The zero-order valence-corrected chi connectivity index (χ0v) is 10.7. The zero-order valence-electron chi connectivity index (χ0n) is 10.7. The number of carbonyl (C=O) groups is 1. The summed E-state index contributed by atoms with van der Waals surface area (Å²) in [6.45, 7) is 0.304. The van der Waals surface area contributed by atoms with Crippen LogP contribution in [0.15, 0.2) is 24.3 Å². The highest BCUT2D eigenvalue weighted by atomic mass is 16.5. The molecule has 4 N–H and O–H groups in total. The summed E-state index contributed by atoms with van der Waals surface area (Å²) in [5.74, 6) is 0.116. The summed E-state index contributed by atoms with van der Waals surface area (Å²) in [7, 11) is 1.42. The van der Waals surface area contributed by atoms with Gasteiger partial charge in [0.15, 0.2) is 0 Å². The molecule has 4 nitrogen and oxygen atoms in total. The van der Waals surface area contributed by atoms with E-state index in [1.807, 2.05) is 24.3 Å². The van der Waals surface area contributed by atoms with Crippen molar-refractivity contribution in [1.29, 1.82) is 0 Å². The minimum Gasteiger partial charge on any atom is -0.469 e. The Kier molecular flexibility index (Phi) is 3.57. The number of para-hydroxylation sites is 1. The van der Waals surface area contributed by atoms with Crippen LogP contribution in [0.1, 0.15) is 18.4 Å². The van der Waals surface area contributed by atoms with E-state index >= 15 is 0 Å². The monoisotopic (exact) mass is 248 g/mol. The van der Waals surface area contributed by atoms with Gasteiger partial charge in [0, 0.05) is 12.2 Å². The lowest BCUT2D eigenvalue weighted by Gasteiger charge is -2.30. The second-order valence-corrected chi connectivity index (χ2v) is 5.00. The predicted molar refractivity (Wildman–Crippen MR) is 70.8 cm³/mol. The van der Waals surface area contributed by atoms with Gasteiger partial charge in [-0.3, -0.25) is 4.79 Å². The zero-order chi connectivity index (χ0) is 13.2. The molecular weight excluding hydrogens is 228 g/mol. The molecule has 0 amide bonds. The van der Waals surface area contributed by atoms with Crippen molar-refractivity contribution >= 4 is 11.7 Å². The Morgan fingerprint density at radius 1 is 1.44 bits per heavy atom. The van der Waals surface area contributed by atoms with Crippen molar-refractivity contribution in [3.8, 4) is 0 Å². The van der Waals surface area contributed by atoms with Crippen molar-refractivity contribution < 1.29 is 9.53 Å². The van der Waals surface area contributed by atoms with Gasteiger partial charge in [0.1, 0.15) is 0 Å². The molecular formula is C14H20N2O2. The van der Waals surface area contributed by atoms with Crippen LogP contribution in [0.4, 0.5) is 5.69 Å². The van der Waals surface area contributed by atoms with Crippen molar-refractivity contribution in [2.75, 3.05) is 19.4 Å². The number of esters is 1. The molecule has 0 bridgehead atoms. The number of carbonyl (C=O) groups excluding carboxylic acids is 1. The molecule has 1 atom stereocenters. The van der Waals surface area contributed by atoms with Gasteiger partial charge in [-0.2, -0.15) is 0 Å². The van der Waals surface area contributed by atoms with Gasteiger partial charge in [0.05, 0.1) is 12.5 Å². The lowest BCUT2D eigenvalue weighted by Crippen LogP contribution is -2.43. The average Bonchev–Trinajstić information content (AvgIpc) is 3.22. The van der Waals surface area contributed by atoms with E-state index in [0.717, 1.165) is 18.4 Å². The summed E-state index contributed by atoms with van der Waals surface area (Å²) in [5.41, 5.74) is 12.9. The molecule has 2 rings (SSSR count). The molecule has 1 aliphatic rings. The van der Waals surface area contributed by atoms with Gasteiger partial charge in [-0.25, -0.2) is 0 Å². The molecule has 1 fully saturated rings. The highest BCUT2D eigenvalue weighted by Crippen LogP contribution is 2.48. The van der Waals surface area contributed by atoms with Gasteiger partial charge in [-0.1, -0.05) is 18.2 Å². The molecule has 0 aliphatic heterocycles. The molecule has 1 unspecified atom stereocenters. The third-order valence-electron chi connectivity index (χ3n) is 3.88. The van der Waals surface area contributed by atoms with Crippen LogP contribution < -0.4 is 11.5 Å². The lowest BCUT2D eigenvalue weighted by atomic mass is 9.76. The maximum absolute atomic E-state index is 12.1. The minimum absolute atomic E-state index is 0.212. The fourth-order valence-electron chi connectivity index (χ4n) is 2.58. The van der Waals surface area contributed by atoms with Crippen LogP contribution >= 0.6 is 0 Å². The van der Waals surface area contributed by atoms with E-state index in [4.69, 9.17) is 16.2 Å². The van der Waals surface area contributed by atoms with Crippen LogP contribution in [0.3, 0.4) is 0 Å². The number of hydrogen-bond acceptors (Lipinski definition) is 4. The Morgan fingerprint density at radius 2 is 2.11 bits per heavy atom. The summed E-state index contributed by atoms with van der Waals surface area (Å²) < 4.78 is 4.96. The molecule has 18 heavy (non-hydrogen) atoms. The Balaban J connectivity index is 2.30.